The minimum atomic E-state index is -0.512. The Bertz CT molecular complexity index is 999. The van der Waals surface area contributed by atoms with Crippen LogP contribution in [0, 0.1) is 0 Å². The number of aromatic amines is 1. The van der Waals surface area contributed by atoms with Crippen LogP contribution >= 0.6 is 0 Å². The van der Waals surface area contributed by atoms with Crippen molar-refractivity contribution in [2.75, 3.05) is 24.7 Å². The van der Waals surface area contributed by atoms with Crippen molar-refractivity contribution >= 4 is 28.4 Å². The van der Waals surface area contributed by atoms with Crippen LogP contribution in [0.4, 0.5) is 11.4 Å². The van der Waals surface area contributed by atoms with E-state index in [4.69, 9.17) is 5.73 Å². The number of benzene rings is 2. The van der Waals surface area contributed by atoms with Crippen molar-refractivity contribution in [3.63, 3.8) is 0 Å². The van der Waals surface area contributed by atoms with Crippen LogP contribution in [0.2, 0.25) is 0 Å². The topological polar surface area (TPSA) is 110 Å². The number of anilines is 2. The molecule has 3 rings (SSSR count). The van der Waals surface area contributed by atoms with Crippen LogP contribution < -0.4 is 16.6 Å². The highest BCUT2D eigenvalue weighted by Gasteiger charge is 2.12. The summed E-state index contributed by atoms with van der Waals surface area (Å²) in [4.78, 5) is 30.5. The number of carbonyl (C=O) groups excluding carboxylic acids is 1. The number of nitrogens with zero attached hydrogens (tertiary/aromatic N) is 1. The number of nitrogens with one attached hydrogen (secondary N) is 2. The fourth-order valence-electron chi connectivity index (χ4n) is 2.83. The number of methoxy groups -OCH3 is 1. The maximum Gasteiger partial charge on any atom is 0.311 e. The summed E-state index contributed by atoms with van der Waals surface area (Å²) in [6.45, 7) is 0.753. The summed E-state index contributed by atoms with van der Waals surface area (Å²) in [6.07, 6.45) is 1.75. The highest BCUT2D eigenvalue weighted by Crippen LogP contribution is 2.23. The van der Waals surface area contributed by atoms with Crippen LogP contribution in [0.3, 0.4) is 0 Å². The van der Waals surface area contributed by atoms with E-state index in [1.807, 2.05) is 18.2 Å². The molecule has 0 unspecified atom stereocenters. The summed E-state index contributed by atoms with van der Waals surface area (Å²) < 4.78 is 4.60. The summed E-state index contributed by atoms with van der Waals surface area (Å²) in [7, 11) is 1.27. The number of fused-ring (bicyclic) bond motifs is 1. The standard InChI is InChI=1S/C20H22N4O3/c1-27-19(25)12-18-20(26)24-16-10-14(21)15(11-17(16)23-18)22-9-5-8-13-6-3-2-4-7-13/h2-4,6-7,10-11,22H,5,8-9,12,21H2,1H3,(H,24,26). The minimum Gasteiger partial charge on any atom is -0.469 e. The number of ether oxygens (including phenoxy) is 1. The molecular weight excluding hydrogens is 344 g/mol. The second kappa shape index (κ2) is 8.35. The zero-order valence-electron chi connectivity index (χ0n) is 15.1. The first-order valence-corrected chi connectivity index (χ1v) is 8.74. The number of hydrogen-bond donors (Lipinski definition) is 3. The summed E-state index contributed by atoms with van der Waals surface area (Å²) in [5, 5.41) is 3.31. The molecule has 0 radical (unpaired) electrons. The van der Waals surface area contributed by atoms with Crippen LogP contribution in [-0.4, -0.2) is 29.6 Å². The molecule has 0 atom stereocenters. The number of rotatable bonds is 7. The molecule has 1 heterocycles. The predicted molar refractivity (Wildman–Crippen MR) is 106 cm³/mol. The molecule has 2 aromatic carbocycles. The normalized spacial score (nSPS) is 10.7. The van der Waals surface area contributed by atoms with Crippen LogP contribution in [-0.2, 0) is 22.4 Å². The molecule has 140 valence electrons. The molecule has 0 aliphatic heterocycles. The molecule has 0 aliphatic carbocycles. The van der Waals surface area contributed by atoms with Crippen molar-refractivity contribution in [2.45, 2.75) is 19.3 Å². The minimum absolute atomic E-state index is 0.120. The smallest absolute Gasteiger partial charge is 0.311 e. The maximum absolute atomic E-state index is 12.0. The molecular formula is C20H22N4O3. The lowest BCUT2D eigenvalue weighted by Gasteiger charge is -2.11. The van der Waals surface area contributed by atoms with E-state index in [0.29, 0.717) is 16.7 Å². The molecule has 0 saturated heterocycles. The maximum atomic E-state index is 12.0. The summed E-state index contributed by atoms with van der Waals surface area (Å²) >= 11 is 0. The quantitative estimate of drug-likeness (QED) is 0.336. The second-order valence-electron chi connectivity index (χ2n) is 6.24. The van der Waals surface area contributed by atoms with E-state index in [1.165, 1.54) is 12.7 Å². The highest BCUT2D eigenvalue weighted by atomic mass is 16.5. The first-order valence-electron chi connectivity index (χ1n) is 8.74. The molecule has 4 N–H and O–H groups in total. The van der Waals surface area contributed by atoms with E-state index in [1.54, 1.807) is 12.1 Å². The van der Waals surface area contributed by atoms with Gasteiger partial charge in [-0.25, -0.2) is 4.98 Å². The Kier molecular flexibility index (Phi) is 5.71. The molecule has 0 bridgehead atoms. The van der Waals surface area contributed by atoms with Gasteiger partial charge in [0, 0.05) is 6.54 Å². The largest absolute Gasteiger partial charge is 0.469 e. The van der Waals surface area contributed by atoms with Crippen molar-refractivity contribution < 1.29 is 9.53 Å². The summed E-state index contributed by atoms with van der Waals surface area (Å²) in [6, 6.07) is 13.7. The third kappa shape index (κ3) is 4.63. The second-order valence-corrected chi connectivity index (χ2v) is 6.24. The van der Waals surface area contributed by atoms with Gasteiger partial charge in [0.15, 0.2) is 0 Å². The fourth-order valence-corrected chi connectivity index (χ4v) is 2.83. The van der Waals surface area contributed by atoms with Gasteiger partial charge in [-0.3, -0.25) is 9.59 Å². The van der Waals surface area contributed by atoms with E-state index in [-0.39, 0.29) is 12.1 Å². The number of esters is 1. The first kappa shape index (κ1) is 18.4. The average Bonchev–Trinajstić information content (AvgIpc) is 2.67. The van der Waals surface area contributed by atoms with Gasteiger partial charge in [0.2, 0.25) is 0 Å². The first-order chi connectivity index (χ1) is 13.1. The molecule has 1 aromatic heterocycles. The van der Waals surface area contributed by atoms with Gasteiger partial charge in [-0.05, 0) is 30.5 Å². The third-order valence-corrected chi connectivity index (χ3v) is 4.27. The van der Waals surface area contributed by atoms with Crippen LogP contribution in [0.15, 0.2) is 47.3 Å². The number of aromatic nitrogens is 2. The van der Waals surface area contributed by atoms with Gasteiger partial charge in [-0.15, -0.1) is 0 Å². The molecule has 0 fully saturated rings. The fraction of sp³-hybridized carbons (Fsp3) is 0.250. The van der Waals surface area contributed by atoms with Crippen LogP contribution in [0.1, 0.15) is 17.7 Å². The number of nitrogen functional groups attached to an aromatic ring is 1. The van der Waals surface area contributed by atoms with Crippen LogP contribution in [0.25, 0.3) is 11.0 Å². The van der Waals surface area contributed by atoms with E-state index < -0.39 is 11.5 Å². The number of nitrogens with two attached hydrogens (primary N) is 1. The van der Waals surface area contributed by atoms with Gasteiger partial charge in [-0.1, -0.05) is 30.3 Å². The monoisotopic (exact) mass is 366 g/mol. The van der Waals surface area contributed by atoms with Crippen molar-refractivity contribution in [1.29, 1.82) is 0 Å². The van der Waals surface area contributed by atoms with Gasteiger partial charge in [0.1, 0.15) is 5.69 Å². The molecule has 0 spiro atoms. The van der Waals surface area contributed by atoms with E-state index in [0.717, 1.165) is 25.1 Å². The Morgan fingerprint density at radius 3 is 2.78 bits per heavy atom. The zero-order chi connectivity index (χ0) is 19.2. The molecule has 0 aliphatic rings. The van der Waals surface area contributed by atoms with Gasteiger partial charge < -0.3 is 20.8 Å². The molecule has 3 aromatic rings. The van der Waals surface area contributed by atoms with Crippen molar-refractivity contribution in [3.8, 4) is 0 Å². The lowest BCUT2D eigenvalue weighted by Crippen LogP contribution is -2.19. The number of H-pyrrole nitrogens is 1. The van der Waals surface area contributed by atoms with Crippen molar-refractivity contribution in [3.05, 3.63) is 64.1 Å². The average molecular weight is 366 g/mol. The highest BCUT2D eigenvalue weighted by molar-refractivity contribution is 5.86. The zero-order valence-corrected chi connectivity index (χ0v) is 15.1. The van der Waals surface area contributed by atoms with Gasteiger partial charge in [0.25, 0.3) is 5.56 Å². The molecule has 7 heteroatoms. The van der Waals surface area contributed by atoms with E-state index in [2.05, 4.69) is 32.2 Å². The summed E-state index contributed by atoms with van der Waals surface area (Å²) in [5.74, 6) is -0.512. The Morgan fingerprint density at radius 1 is 1.26 bits per heavy atom. The SMILES string of the molecule is COC(=O)Cc1nc2cc(NCCCc3ccccc3)c(N)cc2[nH]c1=O. The lowest BCUT2D eigenvalue weighted by molar-refractivity contribution is -0.139. The number of aryl methyl sites for hydroxylation is 1. The van der Waals surface area contributed by atoms with E-state index >= 15 is 0 Å². The Balaban J connectivity index is 1.73. The Hall–Kier alpha value is -3.35. The van der Waals surface area contributed by atoms with Crippen LogP contribution in [0.5, 0.6) is 0 Å². The number of hydrogen-bond acceptors (Lipinski definition) is 6. The Morgan fingerprint density at radius 2 is 2.04 bits per heavy atom. The predicted octanol–water partition coefficient (Wildman–Crippen LogP) is 2.27. The lowest BCUT2D eigenvalue weighted by atomic mass is 10.1. The van der Waals surface area contributed by atoms with Crippen molar-refractivity contribution in [2.24, 2.45) is 0 Å². The van der Waals surface area contributed by atoms with Gasteiger partial charge in [-0.2, -0.15) is 0 Å². The molecule has 0 amide bonds. The van der Waals surface area contributed by atoms with E-state index in [9.17, 15) is 9.59 Å². The van der Waals surface area contributed by atoms with Gasteiger partial charge in [0.05, 0.1) is 35.9 Å². The Labute approximate surface area is 156 Å². The van der Waals surface area contributed by atoms with Crippen molar-refractivity contribution in [1.82, 2.24) is 9.97 Å². The van der Waals surface area contributed by atoms with Gasteiger partial charge >= 0.3 is 5.97 Å². The molecule has 27 heavy (non-hydrogen) atoms. The number of carbonyl (C=O) groups is 1. The third-order valence-electron chi connectivity index (χ3n) is 4.27. The molecule has 7 nitrogen and oxygen atoms in total. The summed E-state index contributed by atoms with van der Waals surface area (Å²) in [5.41, 5.74) is 9.44. The molecule has 0 saturated carbocycles.